The summed E-state index contributed by atoms with van der Waals surface area (Å²) in [4.78, 5) is 27.5. The predicted molar refractivity (Wildman–Crippen MR) is 162 cm³/mol. The fourth-order valence-corrected chi connectivity index (χ4v) is 4.68. The molecule has 1 amide bonds. The van der Waals surface area contributed by atoms with Gasteiger partial charge in [-0.2, -0.15) is 0 Å². The second-order valence-corrected chi connectivity index (χ2v) is 10.6. The molecule has 4 N–H and O–H groups in total. The summed E-state index contributed by atoms with van der Waals surface area (Å²) in [5, 5.41) is 32.9. The number of aliphatic hydroxyl groups is 2. The standard InChI is InChI=1S/C32H37N3O7/c1-34(2)22-7-10-25-28(15-22)42-29-16-23(35(3)4)8-11-26(29)30(25)27-14-21(6-9-24(27)32(39)40)31(38)33-12-5-13-41-19-20(17-36)18-37/h6-11,14-16,20,36-37H,5,12-13,17-19H2,1-4H3,(H-,33,38,39,40)/p+1. The number of nitrogens with zero attached hydrogens (tertiary/aromatic N) is 2. The van der Waals surface area contributed by atoms with E-state index >= 15 is 0 Å². The Hall–Kier alpha value is -4.25. The van der Waals surface area contributed by atoms with Crippen molar-refractivity contribution in [3.8, 4) is 22.5 Å². The first kappa shape index (κ1) is 30.7. The molecule has 2 aromatic rings. The fraction of sp³-hybridized carbons (Fsp3) is 0.344. The number of fused-ring (bicyclic) bond motifs is 2. The van der Waals surface area contributed by atoms with E-state index in [0.29, 0.717) is 47.6 Å². The number of aromatic carboxylic acids is 1. The number of carboxylic acids is 1. The zero-order valence-electron chi connectivity index (χ0n) is 24.4. The van der Waals surface area contributed by atoms with Crippen molar-refractivity contribution in [3.05, 3.63) is 71.1 Å². The molecule has 2 aromatic carbocycles. The highest BCUT2D eigenvalue weighted by Gasteiger charge is 2.24. The summed E-state index contributed by atoms with van der Waals surface area (Å²) < 4.78 is 13.8. The number of nitrogens with one attached hydrogen (secondary N) is 1. The maximum absolute atomic E-state index is 13.1. The van der Waals surface area contributed by atoms with E-state index in [2.05, 4.69) is 5.32 Å². The molecule has 10 heteroatoms. The van der Waals surface area contributed by atoms with E-state index in [-0.39, 0.29) is 37.2 Å². The normalized spacial score (nSPS) is 11.3. The molecule has 1 aliphatic heterocycles. The van der Waals surface area contributed by atoms with E-state index in [1.54, 1.807) is 6.07 Å². The molecule has 0 spiro atoms. The molecule has 0 unspecified atom stereocenters. The number of hydrogen-bond donors (Lipinski definition) is 4. The van der Waals surface area contributed by atoms with Gasteiger partial charge in [0.05, 0.1) is 31.5 Å². The van der Waals surface area contributed by atoms with Crippen LogP contribution < -0.4 is 20.1 Å². The first-order chi connectivity index (χ1) is 20.1. The van der Waals surface area contributed by atoms with Crippen LogP contribution in [-0.4, -0.2) is 88.4 Å². The van der Waals surface area contributed by atoms with E-state index in [1.807, 2.05) is 74.1 Å². The van der Waals surface area contributed by atoms with E-state index in [9.17, 15) is 14.7 Å². The minimum absolute atomic E-state index is 0.0736. The van der Waals surface area contributed by atoms with Crippen molar-refractivity contribution in [1.82, 2.24) is 9.89 Å². The Morgan fingerprint density at radius 2 is 1.76 bits per heavy atom. The first-order valence-corrected chi connectivity index (χ1v) is 13.8. The van der Waals surface area contributed by atoms with Gasteiger partial charge in [0, 0.05) is 73.1 Å². The smallest absolute Gasteiger partial charge is 0.336 e. The van der Waals surface area contributed by atoms with Crippen LogP contribution >= 0.6 is 0 Å². The van der Waals surface area contributed by atoms with Crippen LogP contribution in [0.1, 0.15) is 27.1 Å². The lowest BCUT2D eigenvalue weighted by atomic mass is 9.89. The average Bonchev–Trinajstić information content (AvgIpc) is 2.98. The molecule has 0 saturated carbocycles. The molecule has 1 aliphatic carbocycles. The molecule has 10 nitrogen and oxygen atoms in total. The highest BCUT2D eigenvalue weighted by Crippen LogP contribution is 2.42. The number of amides is 1. The van der Waals surface area contributed by atoms with E-state index in [0.717, 1.165) is 22.0 Å². The van der Waals surface area contributed by atoms with Gasteiger partial charge in [-0.1, -0.05) is 0 Å². The topological polar surface area (TPSA) is 135 Å². The molecule has 222 valence electrons. The molecule has 0 aromatic heterocycles. The molecule has 42 heavy (non-hydrogen) atoms. The van der Waals surface area contributed by atoms with Crippen molar-refractivity contribution in [2.45, 2.75) is 6.42 Å². The van der Waals surface area contributed by atoms with Crippen LogP contribution in [0.3, 0.4) is 0 Å². The minimum Gasteiger partial charge on any atom is -0.478 e. The first-order valence-electron chi connectivity index (χ1n) is 13.8. The Morgan fingerprint density at radius 3 is 2.43 bits per heavy atom. The van der Waals surface area contributed by atoms with E-state index < -0.39 is 5.97 Å². The number of benzene rings is 3. The van der Waals surface area contributed by atoms with Crippen LogP contribution in [0.4, 0.5) is 5.69 Å². The van der Waals surface area contributed by atoms with Gasteiger partial charge in [-0.15, -0.1) is 0 Å². The van der Waals surface area contributed by atoms with Crippen molar-refractivity contribution < 1.29 is 34.1 Å². The summed E-state index contributed by atoms with van der Waals surface area (Å²) in [7, 11) is 7.74. The number of aliphatic hydroxyl groups excluding tert-OH is 2. The van der Waals surface area contributed by atoms with Gasteiger partial charge in [0.1, 0.15) is 25.4 Å². The highest BCUT2D eigenvalue weighted by molar-refractivity contribution is 6.09. The SMILES string of the molecule is CN(C)c1ccc2c(-c3cc(C(=O)NCCCOCC(CO)CO)ccc3C(=O)O)c3ccc(=[N+](C)C)cc-3oc2c1. The summed E-state index contributed by atoms with van der Waals surface area (Å²) in [6.07, 6.45) is 0.535. The Balaban J connectivity index is 1.75. The van der Waals surface area contributed by atoms with Gasteiger partial charge >= 0.3 is 5.97 Å². The zero-order valence-corrected chi connectivity index (χ0v) is 24.4. The number of carbonyl (C=O) groups excluding carboxylic acids is 1. The quantitative estimate of drug-likeness (QED) is 0.115. The van der Waals surface area contributed by atoms with Crippen LogP contribution in [-0.2, 0) is 4.74 Å². The predicted octanol–water partition coefficient (Wildman–Crippen LogP) is 2.74. The summed E-state index contributed by atoms with van der Waals surface area (Å²) >= 11 is 0. The van der Waals surface area contributed by atoms with Crippen molar-refractivity contribution >= 4 is 28.5 Å². The van der Waals surface area contributed by atoms with Gasteiger partial charge in [0.15, 0.2) is 0 Å². The summed E-state index contributed by atoms with van der Waals surface area (Å²) in [5.74, 6) is -1.17. The Morgan fingerprint density at radius 1 is 1.00 bits per heavy atom. The van der Waals surface area contributed by atoms with Crippen LogP contribution in [0, 0.1) is 5.92 Å². The van der Waals surface area contributed by atoms with Crippen LogP contribution in [0.25, 0.3) is 33.4 Å². The molecule has 1 heterocycles. The van der Waals surface area contributed by atoms with Crippen LogP contribution in [0.2, 0.25) is 0 Å². The van der Waals surface area contributed by atoms with Crippen molar-refractivity contribution in [3.63, 3.8) is 0 Å². The minimum atomic E-state index is -1.10. The van der Waals surface area contributed by atoms with Crippen molar-refractivity contribution in [2.24, 2.45) is 5.92 Å². The summed E-state index contributed by atoms with van der Waals surface area (Å²) in [6.45, 7) is 0.618. The number of hydrogen-bond acceptors (Lipinski definition) is 7. The monoisotopic (exact) mass is 576 g/mol. The lowest BCUT2D eigenvalue weighted by Crippen LogP contribution is -2.26. The summed E-state index contributed by atoms with van der Waals surface area (Å²) in [6, 6.07) is 16.2. The molecule has 0 fully saturated rings. The molecule has 2 aliphatic rings. The Labute approximate surface area is 244 Å². The van der Waals surface area contributed by atoms with Gasteiger partial charge in [0.25, 0.3) is 5.91 Å². The maximum atomic E-state index is 13.1. The second kappa shape index (κ2) is 13.6. The molecular formula is C32H38N3O7+. The molecule has 0 bridgehead atoms. The van der Waals surface area contributed by atoms with E-state index in [1.165, 1.54) is 12.1 Å². The Bertz CT molecular complexity index is 1620. The zero-order chi connectivity index (χ0) is 30.4. The Kier molecular flexibility index (Phi) is 9.95. The van der Waals surface area contributed by atoms with Gasteiger partial charge < -0.3 is 34.7 Å². The number of anilines is 1. The fourth-order valence-electron chi connectivity index (χ4n) is 4.68. The third-order valence-electron chi connectivity index (χ3n) is 7.12. The summed E-state index contributed by atoms with van der Waals surface area (Å²) in [5.41, 5.74) is 3.74. The third-order valence-corrected chi connectivity index (χ3v) is 7.12. The highest BCUT2D eigenvalue weighted by atomic mass is 16.5. The number of rotatable bonds is 12. The van der Waals surface area contributed by atoms with E-state index in [4.69, 9.17) is 19.4 Å². The number of carboxylic acid groups (broad SMARTS) is 1. The van der Waals surface area contributed by atoms with Crippen molar-refractivity contribution in [1.29, 1.82) is 0 Å². The lowest BCUT2D eigenvalue weighted by molar-refractivity contribution is 0.0442. The lowest BCUT2D eigenvalue weighted by Gasteiger charge is -2.19. The van der Waals surface area contributed by atoms with Gasteiger partial charge in [0.2, 0.25) is 5.36 Å². The van der Waals surface area contributed by atoms with Gasteiger partial charge in [-0.3, -0.25) is 4.79 Å². The number of ether oxygens (including phenoxy) is 1. The molecule has 0 atom stereocenters. The second-order valence-electron chi connectivity index (χ2n) is 10.6. The van der Waals surface area contributed by atoms with Gasteiger partial charge in [-0.25, -0.2) is 9.37 Å². The maximum Gasteiger partial charge on any atom is 0.336 e. The largest absolute Gasteiger partial charge is 0.478 e. The van der Waals surface area contributed by atoms with Crippen LogP contribution in [0.15, 0.2) is 59.0 Å². The van der Waals surface area contributed by atoms with Gasteiger partial charge in [-0.05, 0) is 48.4 Å². The average molecular weight is 577 g/mol. The molecule has 4 rings (SSSR count). The van der Waals surface area contributed by atoms with Crippen molar-refractivity contribution in [2.75, 3.05) is 66.1 Å². The third kappa shape index (κ3) is 6.79. The molecule has 0 radical (unpaired) electrons. The molecule has 0 saturated heterocycles. The van der Waals surface area contributed by atoms with Crippen LogP contribution in [0.5, 0.6) is 0 Å². The number of carbonyl (C=O) groups is 2. The molecular weight excluding hydrogens is 538 g/mol.